The van der Waals surface area contributed by atoms with Gasteiger partial charge >= 0.3 is 0 Å². The minimum Gasteiger partial charge on any atom is -0.316 e. The number of sulfonamides is 1. The van der Waals surface area contributed by atoms with E-state index in [0.29, 0.717) is 12.2 Å². The van der Waals surface area contributed by atoms with Gasteiger partial charge in [0.05, 0.1) is 5.25 Å². The van der Waals surface area contributed by atoms with Crippen LogP contribution in [0.15, 0.2) is 24.3 Å². The lowest BCUT2D eigenvalue weighted by atomic mass is 10.1. The summed E-state index contributed by atoms with van der Waals surface area (Å²) in [5, 5.41) is 2.59. The molecule has 0 aliphatic heterocycles. The maximum atomic E-state index is 12.1. The summed E-state index contributed by atoms with van der Waals surface area (Å²) < 4.78 is 26.7. The van der Waals surface area contributed by atoms with Gasteiger partial charge in [-0.25, -0.2) is 8.42 Å². The molecule has 0 saturated carbocycles. The largest absolute Gasteiger partial charge is 0.316 e. The zero-order chi connectivity index (χ0) is 13.6. The summed E-state index contributed by atoms with van der Waals surface area (Å²) in [5.74, 6) is 0. The molecule has 0 aliphatic carbocycles. The quantitative estimate of drug-likeness (QED) is 0.796. The Bertz CT molecular complexity index is 472. The summed E-state index contributed by atoms with van der Waals surface area (Å²) in [6, 6.07) is 7.50. The molecule has 0 aromatic heterocycles. The van der Waals surface area contributed by atoms with E-state index >= 15 is 0 Å². The topological polar surface area (TPSA) is 58.2 Å². The Balaban J connectivity index is 2.75. The number of nitrogens with one attached hydrogen (secondary N) is 2. The van der Waals surface area contributed by atoms with Gasteiger partial charge in [-0.15, -0.1) is 0 Å². The number of aryl methyl sites for hydroxylation is 1. The first-order chi connectivity index (χ1) is 8.49. The molecule has 0 bridgehead atoms. The van der Waals surface area contributed by atoms with Crippen LogP contribution < -0.4 is 10.0 Å². The minimum atomic E-state index is -3.32. The number of anilines is 1. The van der Waals surface area contributed by atoms with Gasteiger partial charge in [0, 0.05) is 12.2 Å². The van der Waals surface area contributed by atoms with Crippen molar-refractivity contribution in [3.63, 3.8) is 0 Å². The maximum absolute atomic E-state index is 12.1. The lowest BCUT2D eigenvalue weighted by Crippen LogP contribution is -2.34. The van der Waals surface area contributed by atoms with E-state index in [1.807, 2.05) is 32.0 Å². The van der Waals surface area contributed by atoms with E-state index in [2.05, 4.69) is 10.0 Å². The Morgan fingerprint density at radius 2 is 2.00 bits per heavy atom. The van der Waals surface area contributed by atoms with Crippen LogP contribution >= 0.6 is 0 Å². The van der Waals surface area contributed by atoms with Gasteiger partial charge in [-0.1, -0.05) is 26.0 Å². The molecule has 0 spiro atoms. The van der Waals surface area contributed by atoms with Crippen molar-refractivity contribution in [3.05, 3.63) is 29.8 Å². The molecule has 1 rings (SSSR count). The first-order valence-corrected chi connectivity index (χ1v) is 7.85. The molecule has 5 heteroatoms. The van der Waals surface area contributed by atoms with E-state index in [1.54, 1.807) is 13.0 Å². The highest BCUT2D eigenvalue weighted by molar-refractivity contribution is 7.93. The van der Waals surface area contributed by atoms with E-state index in [0.717, 1.165) is 18.5 Å². The molecule has 0 heterocycles. The van der Waals surface area contributed by atoms with Crippen molar-refractivity contribution in [1.29, 1.82) is 0 Å². The van der Waals surface area contributed by atoms with Crippen molar-refractivity contribution in [2.45, 2.75) is 32.4 Å². The van der Waals surface area contributed by atoms with E-state index in [9.17, 15) is 8.42 Å². The lowest BCUT2D eigenvalue weighted by molar-refractivity contribution is 0.579. The standard InChI is InChI=1S/C13H22N2O2S/c1-4-12-7-6-8-13(9-12)15-18(16,17)11(3)10-14-5-2/h6-9,11,14-15H,4-5,10H2,1-3H3. The Morgan fingerprint density at radius 1 is 1.28 bits per heavy atom. The molecular formula is C13H22N2O2S. The van der Waals surface area contributed by atoms with Gasteiger partial charge in [-0.3, -0.25) is 4.72 Å². The van der Waals surface area contributed by atoms with Gasteiger partial charge < -0.3 is 5.32 Å². The van der Waals surface area contributed by atoms with Crippen molar-refractivity contribution >= 4 is 15.7 Å². The molecule has 1 atom stereocenters. The third-order valence-corrected chi connectivity index (χ3v) is 4.55. The third-order valence-electron chi connectivity index (χ3n) is 2.81. The monoisotopic (exact) mass is 270 g/mol. The van der Waals surface area contributed by atoms with Crippen LogP contribution in [0.5, 0.6) is 0 Å². The number of hydrogen-bond donors (Lipinski definition) is 2. The second kappa shape index (κ2) is 6.75. The van der Waals surface area contributed by atoms with Crippen LogP contribution in [0.2, 0.25) is 0 Å². The van der Waals surface area contributed by atoms with Crippen molar-refractivity contribution in [1.82, 2.24) is 5.32 Å². The maximum Gasteiger partial charge on any atom is 0.236 e. The van der Waals surface area contributed by atoms with Gasteiger partial charge in [0.25, 0.3) is 0 Å². The van der Waals surface area contributed by atoms with E-state index in [-0.39, 0.29) is 0 Å². The van der Waals surface area contributed by atoms with Gasteiger partial charge in [0.15, 0.2) is 0 Å². The predicted octanol–water partition coefficient (Wildman–Crippen LogP) is 1.99. The van der Waals surface area contributed by atoms with Crippen molar-refractivity contribution in [2.24, 2.45) is 0 Å². The Hall–Kier alpha value is -1.07. The second-order valence-electron chi connectivity index (χ2n) is 4.32. The Morgan fingerprint density at radius 3 is 2.61 bits per heavy atom. The van der Waals surface area contributed by atoms with E-state index < -0.39 is 15.3 Å². The summed E-state index contributed by atoms with van der Waals surface area (Å²) in [4.78, 5) is 0. The van der Waals surface area contributed by atoms with Crippen LogP contribution in [0.1, 0.15) is 26.3 Å². The van der Waals surface area contributed by atoms with E-state index in [4.69, 9.17) is 0 Å². The zero-order valence-corrected chi connectivity index (χ0v) is 12.0. The molecule has 18 heavy (non-hydrogen) atoms. The van der Waals surface area contributed by atoms with Crippen LogP contribution in [0.25, 0.3) is 0 Å². The van der Waals surface area contributed by atoms with Gasteiger partial charge in [0.1, 0.15) is 0 Å². The smallest absolute Gasteiger partial charge is 0.236 e. The highest BCUT2D eigenvalue weighted by Crippen LogP contribution is 2.14. The fourth-order valence-electron chi connectivity index (χ4n) is 1.58. The van der Waals surface area contributed by atoms with Crippen LogP contribution in [0.4, 0.5) is 5.69 Å². The molecule has 1 aromatic carbocycles. The third kappa shape index (κ3) is 4.31. The molecule has 0 aliphatic rings. The van der Waals surface area contributed by atoms with Crippen LogP contribution in [0, 0.1) is 0 Å². The normalized spacial score (nSPS) is 13.3. The SMILES string of the molecule is CCNCC(C)S(=O)(=O)Nc1cccc(CC)c1. The summed E-state index contributed by atoms with van der Waals surface area (Å²) >= 11 is 0. The zero-order valence-electron chi connectivity index (χ0n) is 11.2. The Kier molecular flexibility index (Phi) is 5.62. The number of benzene rings is 1. The number of rotatable bonds is 7. The summed E-state index contributed by atoms with van der Waals surface area (Å²) in [7, 11) is -3.32. The van der Waals surface area contributed by atoms with Crippen molar-refractivity contribution in [2.75, 3.05) is 17.8 Å². The first-order valence-electron chi connectivity index (χ1n) is 6.30. The summed E-state index contributed by atoms with van der Waals surface area (Å²) in [6.45, 7) is 6.93. The number of hydrogen-bond acceptors (Lipinski definition) is 3. The van der Waals surface area contributed by atoms with Gasteiger partial charge in [-0.05, 0) is 37.6 Å². The summed E-state index contributed by atoms with van der Waals surface area (Å²) in [6.07, 6.45) is 0.891. The molecule has 0 saturated heterocycles. The summed E-state index contributed by atoms with van der Waals surface area (Å²) in [5.41, 5.74) is 1.76. The average Bonchev–Trinajstić information content (AvgIpc) is 2.35. The minimum absolute atomic E-state index is 0.456. The molecule has 0 radical (unpaired) electrons. The highest BCUT2D eigenvalue weighted by Gasteiger charge is 2.19. The highest BCUT2D eigenvalue weighted by atomic mass is 32.2. The Labute approximate surface area is 110 Å². The predicted molar refractivity (Wildman–Crippen MR) is 76.4 cm³/mol. The lowest BCUT2D eigenvalue weighted by Gasteiger charge is -2.15. The van der Waals surface area contributed by atoms with Crippen LogP contribution in [0.3, 0.4) is 0 Å². The van der Waals surface area contributed by atoms with E-state index in [1.165, 1.54) is 0 Å². The molecule has 102 valence electrons. The second-order valence-corrected chi connectivity index (χ2v) is 6.42. The van der Waals surface area contributed by atoms with Crippen LogP contribution in [-0.4, -0.2) is 26.8 Å². The first kappa shape index (κ1) is 15.0. The van der Waals surface area contributed by atoms with Crippen LogP contribution in [-0.2, 0) is 16.4 Å². The molecule has 2 N–H and O–H groups in total. The van der Waals surface area contributed by atoms with Gasteiger partial charge in [0.2, 0.25) is 10.0 Å². The molecule has 0 amide bonds. The molecular weight excluding hydrogens is 248 g/mol. The molecule has 1 aromatic rings. The average molecular weight is 270 g/mol. The van der Waals surface area contributed by atoms with Crippen molar-refractivity contribution < 1.29 is 8.42 Å². The molecule has 4 nitrogen and oxygen atoms in total. The van der Waals surface area contributed by atoms with Crippen molar-refractivity contribution in [3.8, 4) is 0 Å². The molecule has 0 fully saturated rings. The fourth-order valence-corrected chi connectivity index (χ4v) is 2.57. The molecule has 1 unspecified atom stereocenters. The fraction of sp³-hybridized carbons (Fsp3) is 0.538. The van der Waals surface area contributed by atoms with Gasteiger partial charge in [-0.2, -0.15) is 0 Å².